The minimum absolute atomic E-state index is 0.677. The highest BCUT2D eigenvalue weighted by atomic mass is 14.3. The third kappa shape index (κ3) is 3.88. The van der Waals surface area contributed by atoms with Crippen molar-refractivity contribution in [2.45, 2.75) is 0 Å². The van der Waals surface area contributed by atoms with Gasteiger partial charge in [-0.2, -0.15) is 5.26 Å². The molecule has 0 spiro atoms. The number of hydrogen-bond donors (Lipinski definition) is 0. The summed E-state index contributed by atoms with van der Waals surface area (Å²) in [5.74, 6) is 0. The molecule has 9 rings (SSSR count). The minimum atomic E-state index is 0.677. The second-order valence-electron chi connectivity index (χ2n) is 11.9. The third-order valence-electron chi connectivity index (χ3n) is 9.46. The molecule has 8 aromatic rings. The van der Waals surface area contributed by atoms with Gasteiger partial charge in [-0.05, 0) is 94.9 Å². The molecule has 0 heterocycles. The molecule has 212 valence electrons. The summed E-state index contributed by atoms with van der Waals surface area (Å²) in [7, 11) is 0. The topological polar surface area (TPSA) is 23.8 Å². The maximum Gasteiger partial charge on any atom is 0.0998 e. The van der Waals surface area contributed by atoms with E-state index in [-0.39, 0.29) is 0 Å². The number of nitriles is 1. The quantitative estimate of drug-likeness (QED) is 0.203. The summed E-state index contributed by atoms with van der Waals surface area (Å²) in [6.45, 7) is 0. The summed E-state index contributed by atoms with van der Waals surface area (Å²) in [5, 5.41) is 15.2. The highest BCUT2D eigenvalue weighted by molar-refractivity contribution is 6.28. The fourth-order valence-electron chi connectivity index (χ4n) is 7.52. The normalized spacial score (nSPS) is 11.5. The molecule has 1 aliphatic rings. The van der Waals surface area contributed by atoms with E-state index in [1.165, 1.54) is 60.7 Å². The third-order valence-corrected chi connectivity index (χ3v) is 9.46. The van der Waals surface area contributed by atoms with Crippen molar-refractivity contribution in [2.24, 2.45) is 0 Å². The Morgan fingerprint density at radius 2 is 0.826 bits per heavy atom. The smallest absolute Gasteiger partial charge is 0.0998 e. The Labute approximate surface area is 268 Å². The predicted molar refractivity (Wildman–Crippen MR) is 192 cm³/mol. The molecule has 0 amide bonds. The van der Waals surface area contributed by atoms with E-state index in [1.807, 2.05) is 12.1 Å². The van der Waals surface area contributed by atoms with Crippen LogP contribution in [0.25, 0.3) is 88.3 Å². The lowest BCUT2D eigenvalue weighted by Gasteiger charge is -2.20. The van der Waals surface area contributed by atoms with Crippen LogP contribution in [0.3, 0.4) is 0 Å². The number of benzene rings is 8. The monoisotopic (exact) mass is 581 g/mol. The van der Waals surface area contributed by atoms with Gasteiger partial charge in [-0.3, -0.25) is 0 Å². The zero-order chi connectivity index (χ0) is 30.6. The van der Waals surface area contributed by atoms with Crippen LogP contribution in [0.1, 0.15) is 5.56 Å². The fraction of sp³-hybridized carbons (Fsp3) is 0. The van der Waals surface area contributed by atoms with E-state index in [0.29, 0.717) is 5.56 Å². The fourth-order valence-corrected chi connectivity index (χ4v) is 7.52. The largest absolute Gasteiger partial charge is 0.192 e. The highest BCUT2D eigenvalue weighted by Gasteiger charge is 2.31. The predicted octanol–water partition coefficient (Wildman–Crippen LogP) is 12.2. The maximum atomic E-state index is 10.3. The van der Waals surface area contributed by atoms with Gasteiger partial charge in [-0.25, -0.2) is 0 Å². The number of fused-ring (bicyclic) bond motifs is 4. The van der Waals surface area contributed by atoms with Crippen molar-refractivity contribution in [2.75, 3.05) is 0 Å². The standard InChI is InChI=1S/C45H27N/c46-28-33-24-23-32(29-13-4-1-5-14-29)27-40(33)34-25-26-39-43-35(34)21-12-22-38(43)44-41(30-15-6-2-7-16-30)36-19-10-11-20-37(36)42(45(39)44)31-17-8-3-9-18-31/h1-27H. The summed E-state index contributed by atoms with van der Waals surface area (Å²) in [6.07, 6.45) is 0. The molecule has 0 fully saturated rings. The molecule has 8 aromatic carbocycles. The summed E-state index contributed by atoms with van der Waals surface area (Å²) < 4.78 is 0. The van der Waals surface area contributed by atoms with E-state index >= 15 is 0 Å². The maximum absolute atomic E-state index is 10.3. The van der Waals surface area contributed by atoms with Crippen LogP contribution < -0.4 is 0 Å². The molecule has 46 heavy (non-hydrogen) atoms. The van der Waals surface area contributed by atoms with Crippen LogP contribution in [0, 0.1) is 11.3 Å². The van der Waals surface area contributed by atoms with Crippen molar-refractivity contribution >= 4 is 21.5 Å². The second kappa shape index (κ2) is 10.4. The van der Waals surface area contributed by atoms with Gasteiger partial charge in [0, 0.05) is 5.56 Å². The second-order valence-corrected chi connectivity index (χ2v) is 11.9. The molecule has 0 bridgehead atoms. The van der Waals surface area contributed by atoms with Gasteiger partial charge in [0.25, 0.3) is 0 Å². The van der Waals surface area contributed by atoms with Gasteiger partial charge < -0.3 is 0 Å². The number of hydrogen-bond acceptors (Lipinski definition) is 1. The first kappa shape index (κ1) is 26.2. The summed E-state index contributed by atoms with van der Waals surface area (Å²) >= 11 is 0. The lowest BCUT2D eigenvalue weighted by Crippen LogP contribution is -1.93. The molecule has 0 saturated carbocycles. The van der Waals surface area contributed by atoms with Gasteiger partial charge in [-0.1, -0.05) is 152 Å². The van der Waals surface area contributed by atoms with Crippen LogP contribution in [0.4, 0.5) is 0 Å². The summed E-state index contributed by atoms with van der Waals surface area (Å²) in [4.78, 5) is 0. The molecule has 1 aliphatic carbocycles. The van der Waals surface area contributed by atoms with E-state index in [2.05, 4.69) is 158 Å². The minimum Gasteiger partial charge on any atom is -0.192 e. The Balaban J connectivity index is 1.41. The number of nitrogens with zero attached hydrogens (tertiary/aromatic N) is 1. The van der Waals surface area contributed by atoms with E-state index in [9.17, 15) is 5.26 Å². The van der Waals surface area contributed by atoms with Gasteiger partial charge in [0.2, 0.25) is 0 Å². The van der Waals surface area contributed by atoms with Crippen molar-refractivity contribution in [1.82, 2.24) is 0 Å². The van der Waals surface area contributed by atoms with Crippen molar-refractivity contribution in [3.8, 4) is 72.8 Å². The molecule has 0 saturated heterocycles. The SMILES string of the molecule is N#Cc1ccc(-c2ccccc2)cc1-c1ccc2c3c(cccc13)-c1c-2c(-c2ccccc2)c2ccccc2c1-c1ccccc1. The molecule has 0 aliphatic heterocycles. The van der Waals surface area contributed by atoms with Gasteiger partial charge >= 0.3 is 0 Å². The highest BCUT2D eigenvalue weighted by Crippen LogP contribution is 2.58. The van der Waals surface area contributed by atoms with E-state index in [0.717, 1.165) is 27.6 Å². The molecule has 0 N–H and O–H groups in total. The lowest BCUT2D eigenvalue weighted by molar-refractivity contribution is 1.48. The van der Waals surface area contributed by atoms with E-state index < -0.39 is 0 Å². The van der Waals surface area contributed by atoms with Gasteiger partial charge in [0.1, 0.15) is 0 Å². The molecular formula is C45H27N. The average molecular weight is 582 g/mol. The number of rotatable bonds is 4. The molecule has 0 unspecified atom stereocenters. The van der Waals surface area contributed by atoms with Crippen molar-refractivity contribution in [3.05, 3.63) is 169 Å². The van der Waals surface area contributed by atoms with E-state index in [4.69, 9.17) is 0 Å². The zero-order valence-electron chi connectivity index (χ0n) is 25.0. The molecule has 0 radical (unpaired) electrons. The Kier molecular flexibility index (Phi) is 5.95. The Hall–Kier alpha value is -6.23. The van der Waals surface area contributed by atoms with Crippen LogP contribution in [0.5, 0.6) is 0 Å². The average Bonchev–Trinajstić information content (AvgIpc) is 3.46. The summed E-state index contributed by atoms with van der Waals surface area (Å²) in [6, 6.07) is 60.7. The van der Waals surface area contributed by atoms with Crippen molar-refractivity contribution < 1.29 is 0 Å². The van der Waals surface area contributed by atoms with E-state index in [1.54, 1.807) is 0 Å². The van der Waals surface area contributed by atoms with Crippen LogP contribution in [-0.4, -0.2) is 0 Å². The van der Waals surface area contributed by atoms with Gasteiger partial charge in [-0.15, -0.1) is 0 Å². The van der Waals surface area contributed by atoms with Crippen LogP contribution in [0.2, 0.25) is 0 Å². The Bertz CT molecular complexity index is 2410. The zero-order valence-corrected chi connectivity index (χ0v) is 25.0. The first-order valence-electron chi connectivity index (χ1n) is 15.7. The molecule has 0 aromatic heterocycles. The molecule has 1 heteroatoms. The van der Waals surface area contributed by atoms with Crippen LogP contribution in [-0.2, 0) is 0 Å². The first-order chi connectivity index (χ1) is 22.8. The molecule has 1 nitrogen and oxygen atoms in total. The van der Waals surface area contributed by atoms with Gasteiger partial charge in [0.05, 0.1) is 11.6 Å². The molecular weight excluding hydrogens is 555 g/mol. The van der Waals surface area contributed by atoms with Crippen molar-refractivity contribution in [3.63, 3.8) is 0 Å². The van der Waals surface area contributed by atoms with Crippen LogP contribution >= 0.6 is 0 Å². The summed E-state index contributed by atoms with van der Waals surface area (Å²) in [5.41, 5.74) is 14.9. The van der Waals surface area contributed by atoms with Crippen LogP contribution in [0.15, 0.2) is 164 Å². The van der Waals surface area contributed by atoms with Crippen molar-refractivity contribution in [1.29, 1.82) is 5.26 Å². The first-order valence-corrected chi connectivity index (χ1v) is 15.7. The lowest BCUT2D eigenvalue weighted by atomic mass is 9.82. The Morgan fingerprint density at radius 3 is 1.41 bits per heavy atom. The van der Waals surface area contributed by atoms with Gasteiger partial charge in [0.15, 0.2) is 0 Å². The molecule has 0 atom stereocenters. The Morgan fingerprint density at radius 1 is 0.326 bits per heavy atom.